The van der Waals surface area contributed by atoms with E-state index in [4.69, 9.17) is 9.47 Å². The molecule has 0 fully saturated rings. The van der Waals surface area contributed by atoms with Crippen LogP contribution in [0.3, 0.4) is 0 Å². The Balaban J connectivity index is 1.47. The van der Waals surface area contributed by atoms with Gasteiger partial charge >= 0.3 is 0 Å². The molecule has 0 spiro atoms. The highest BCUT2D eigenvalue weighted by molar-refractivity contribution is 5.45. The summed E-state index contributed by atoms with van der Waals surface area (Å²) in [6.07, 6.45) is 0. The Hall–Kier alpha value is -2.04. The van der Waals surface area contributed by atoms with Crippen LogP contribution in [0.4, 0.5) is 11.4 Å². The van der Waals surface area contributed by atoms with Crippen LogP contribution in [0.5, 0.6) is 0 Å². The molecule has 0 bridgehead atoms. The number of hydrogen-bond acceptors (Lipinski definition) is 4. The Morgan fingerprint density at radius 3 is 1.33 bits per heavy atom. The molecule has 0 saturated heterocycles. The summed E-state index contributed by atoms with van der Waals surface area (Å²) >= 11 is 0. The summed E-state index contributed by atoms with van der Waals surface area (Å²) in [5.41, 5.74) is 2.42. The van der Waals surface area contributed by atoms with Crippen molar-refractivity contribution in [3.05, 3.63) is 60.7 Å². The highest BCUT2D eigenvalue weighted by atomic mass is 16.5. The average Bonchev–Trinajstić information content (AvgIpc) is 2.65. The number of ether oxygens (including phenoxy) is 2. The Labute approximate surface area is 145 Å². The van der Waals surface area contributed by atoms with Gasteiger partial charge in [0.15, 0.2) is 0 Å². The molecule has 0 aliphatic carbocycles. The van der Waals surface area contributed by atoms with E-state index in [1.165, 1.54) is 11.4 Å². The third-order valence-electron chi connectivity index (χ3n) is 3.91. The molecule has 24 heavy (non-hydrogen) atoms. The van der Waals surface area contributed by atoms with E-state index >= 15 is 0 Å². The minimum atomic E-state index is 0.637. The molecule has 0 aromatic heterocycles. The molecule has 2 rings (SSSR count). The molecule has 0 amide bonds. The van der Waals surface area contributed by atoms with Crippen LogP contribution in [-0.4, -0.2) is 53.6 Å². The van der Waals surface area contributed by atoms with Crippen LogP contribution in [0.15, 0.2) is 60.7 Å². The predicted molar refractivity (Wildman–Crippen MR) is 101 cm³/mol. The van der Waals surface area contributed by atoms with E-state index in [-0.39, 0.29) is 0 Å². The first kappa shape index (κ1) is 18.3. The van der Waals surface area contributed by atoms with Crippen molar-refractivity contribution in [2.45, 2.75) is 0 Å². The maximum Gasteiger partial charge on any atom is 0.0701 e. The zero-order valence-corrected chi connectivity index (χ0v) is 14.7. The first-order valence-electron chi connectivity index (χ1n) is 8.45. The number of hydrogen-bond donors (Lipinski definition) is 0. The molecular formula is C20H28N2O2. The van der Waals surface area contributed by atoms with Crippen LogP contribution < -0.4 is 9.80 Å². The second-order valence-electron chi connectivity index (χ2n) is 5.74. The van der Waals surface area contributed by atoms with Gasteiger partial charge in [-0.15, -0.1) is 0 Å². The molecule has 0 atom stereocenters. The van der Waals surface area contributed by atoms with E-state index in [2.05, 4.69) is 48.2 Å². The highest BCUT2D eigenvalue weighted by Gasteiger charge is 2.00. The summed E-state index contributed by atoms with van der Waals surface area (Å²) in [6, 6.07) is 20.7. The average molecular weight is 328 g/mol. The Morgan fingerprint density at radius 2 is 0.958 bits per heavy atom. The van der Waals surface area contributed by atoms with Crippen molar-refractivity contribution >= 4 is 11.4 Å². The van der Waals surface area contributed by atoms with Crippen molar-refractivity contribution in [3.63, 3.8) is 0 Å². The van der Waals surface area contributed by atoms with Crippen LogP contribution in [0.2, 0.25) is 0 Å². The topological polar surface area (TPSA) is 24.9 Å². The van der Waals surface area contributed by atoms with Crippen molar-refractivity contribution in [3.8, 4) is 0 Å². The molecule has 2 aromatic carbocycles. The second-order valence-corrected chi connectivity index (χ2v) is 5.74. The summed E-state index contributed by atoms with van der Waals surface area (Å²) < 4.78 is 11.3. The van der Waals surface area contributed by atoms with Crippen molar-refractivity contribution in [2.24, 2.45) is 0 Å². The fourth-order valence-corrected chi connectivity index (χ4v) is 2.35. The summed E-state index contributed by atoms with van der Waals surface area (Å²) in [5, 5.41) is 0. The molecule has 4 nitrogen and oxygen atoms in total. The van der Waals surface area contributed by atoms with Crippen molar-refractivity contribution < 1.29 is 9.47 Å². The Morgan fingerprint density at radius 1 is 0.583 bits per heavy atom. The molecule has 130 valence electrons. The van der Waals surface area contributed by atoms with E-state index in [9.17, 15) is 0 Å². The summed E-state index contributed by atoms with van der Waals surface area (Å²) in [6.45, 7) is 4.44. The minimum absolute atomic E-state index is 0.637. The molecule has 0 unspecified atom stereocenters. The van der Waals surface area contributed by atoms with Gasteiger partial charge in [-0.05, 0) is 24.3 Å². The van der Waals surface area contributed by atoms with Crippen molar-refractivity contribution in [1.29, 1.82) is 0 Å². The molecule has 4 heteroatoms. The smallest absolute Gasteiger partial charge is 0.0701 e. The Bertz CT molecular complexity index is 497. The summed E-state index contributed by atoms with van der Waals surface area (Å²) in [5.74, 6) is 0. The zero-order valence-electron chi connectivity index (χ0n) is 14.7. The molecule has 2 aromatic rings. The summed E-state index contributed by atoms with van der Waals surface area (Å²) in [7, 11) is 4.16. The zero-order chi connectivity index (χ0) is 17.0. The lowest BCUT2D eigenvalue weighted by atomic mass is 10.3. The monoisotopic (exact) mass is 328 g/mol. The third-order valence-corrected chi connectivity index (χ3v) is 3.91. The number of nitrogens with zero attached hydrogens (tertiary/aromatic N) is 2. The maximum atomic E-state index is 5.64. The van der Waals surface area contributed by atoms with Gasteiger partial charge in [-0.1, -0.05) is 36.4 Å². The van der Waals surface area contributed by atoms with E-state index < -0.39 is 0 Å². The SMILES string of the molecule is CN(CCOCCOCCN(C)c1ccccc1)c1ccccc1. The number of para-hydroxylation sites is 2. The van der Waals surface area contributed by atoms with Gasteiger partial charge in [0, 0.05) is 38.6 Å². The van der Waals surface area contributed by atoms with Gasteiger partial charge in [0.2, 0.25) is 0 Å². The van der Waals surface area contributed by atoms with Crippen LogP contribution in [0.1, 0.15) is 0 Å². The quantitative estimate of drug-likeness (QED) is 0.591. The molecule has 0 radical (unpaired) electrons. The lowest BCUT2D eigenvalue weighted by molar-refractivity contribution is 0.0534. The summed E-state index contributed by atoms with van der Waals surface area (Å²) in [4.78, 5) is 4.38. The lowest BCUT2D eigenvalue weighted by Crippen LogP contribution is -2.24. The molecule has 0 N–H and O–H groups in total. The van der Waals surface area contributed by atoms with Gasteiger partial charge < -0.3 is 19.3 Å². The fourth-order valence-electron chi connectivity index (χ4n) is 2.35. The van der Waals surface area contributed by atoms with Crippen molar-refractivity contribution in [2.75, 3.05) is 63.4 Å². The van der Waals surface area contributed by atoms with Crippen LogP contribution >= 0.6 is 0 Å². The number of rotatable bonds is 11. The third kappa shape index (κ3) is 6.60. The normalized spacial score (nSPS) is 10.6. The van der Waals surface area contributed by atoms with Gasteiger partial charge in [0.1, 0.15) is 0 Å². The maximum absolute atomic E-state index is 5.64. The van der Waals surface area contributed by atoms with Gasteiger partial charge in [-0.25, -0.2) is 0 Å². The molecule has 0 aliphatic heterocycles. The largest absolute Gasteiger partial charge is 0.377 e. The number of anilines is 2. The Kier molecular flexibility index (Phi) is 8.15. The van der Waals surface area contributed by atoms with Crippen LogP contribution in [0, 0.1) is 0 Å². The molecule has 0 aliphatic rings. The molecule has 0 heterocycles. The predicted octanol–water partition coefficient (Wildman–Crippen LogP) is 3.29. The van der Waals surface area contributed by atoms with E-state index in [0.717, 1.165) is 13.1 Å². The molecular weight excluding hydrogens is 300 g/mol. The van der Waals surface area contributed by atoms with Crippen molar-refractivity contribution in [1.82, 2.24) is 0 Å². The van der Waals surface area contributed by atoms with E-state index in [1.807, 2.05) is 36.4 Å². The van der Waals surface area contributed by atoms with E-state index in [1.54, 1.807) is 0 Å². The first-order valence-corrected chi connectivity index (χ1v) is 8.45. The highest BCUT2D eigenvalue weighted by Crippen LogP contribution is 2.10. The lowest BCUT2D eigenvalue weighted by Gasteiger charge is -2.20. The van der Waals surface area contributed by atoms with Crippen LogP contribution in [-0.2, 0) is 9.47 Å². The van der Waals surface area contributed by atoms with Gasteiger partial charge in [0.25, 0.3) is 0 Å². The van der Waals surface area contributed by atoms with Gasteiger partial charge in [0.05, 0.1) is 26.4 Å². The fraction of sp³-hybridized carbons (Fsp3) is 0.400. The van der Waals surface area contributed by atoms with Gasteiger partial charge in [-0.3, -0.25) is 0 Å². The number of benzene rings is 2. The second kappa shape index (κ2) is 10.7. The van der Waals surface area contributed by atoms with Crippen LogP contribution in [0.25, 0.3) is 0 Å². The standard InChI is InChI=1S/C20H28N2O2/c1-21(19-9-5-3-6-10-19)13-15-23-17-18-24-16-14-22(2)20-11-7-4-8-12-20/h3-12H,13-18H2,1-2H3. The minimum Gasteiger partial charge on any atom is -0.377 e. The molecule has 0 saturated carbocycles. The first-order chi connectivity index (χ1) is 11.8. The van der Waals surface area contributed by atoms with E-state index in [0.29, 0.717) is 26.4 Å². The number of likely N-dealkylation sites (N-methyl/N-ethyl adjacent to an activating group) is 2. The van der Waals surface area contributed by atoms with Gasteiger partial charge in [-0.2, -0.15) is 0 Å².